The van der Waals surface area contributed by atoms with Crippen LogP contribution in [0.4, 0.5) is 29.6 Å². The van der Waals surface area contributed by atoms with Crippen LogP contribution < -0.4 is 24.4 Å². The summed E-state index contributed by atoms with van der Waals surface area (Å²) in [5.41, 5.74) is 3.77. The number of nitrogens with one attached hydrogen (secondary N) is 1. The van der Waals surface area contributed by atoms with Crippen molar-refractivity contribution in [3.05, 3.63) is 65.4 Å². The van der Waals surface area contributed by atoms with Gasteiger partial charge in [-0.25, -0.2) is 27.9 Å². The Bertz CT molecular complexity index is 2790. The molecule has 0 radical (unpaired) electrons. The number of methoxy groups -OCH3 is 1. The van der Waals surface area contributed by atoms with Crippen molar-refractivity contribution in [1.29, 1.82) is 0 Å². The highest BCUT2D eigenvalue weighted by molar-refractivity contribution is 6.90. The van der Waals surface area contributed by atoms with E-state index >= 15 is 8.78 Å². The minimum absolute atomic E-state index is 0.0406. The lowest BCUT2D eigenvalue weighted by atomic mass is 9.95. The highest BCUT2D eigenvalue weighted by Gasteiger charge is 2.49. The number of ether oxygens (including phenoxy) is 5. The van der Waals surface area contributed by atoms with Gasteiger partial charge in [-0.1, -0.05) is 59.6 Å². The maximum atomic E-state index is 18.2. The van der Waals surface area contributed by atoms with E-state index in [1.54, 1.807) is 51.2 Å². The number of anilines is 2. The molecule has 0 saturated carbocycles. The SMILES string of the molecule is COCOc1cc(-c2nc3c4c(nc(OC[C@@]56CCCN5C[C@H](F)C6)nc4c2F)N([C@H](C)c2cccnc2NC(=O)OC(C)(C)C)CCO3)c2c(C#C[Si](C(C)C)(C(C)C)C(C)C)c(F)ccc2c1. The quantitative estimate of drug-likeness (QED) is 0.0684. The summed E-state index contributed by atoms with van der Waals surface area (Å²) >= 11 is 0. The Morgan fingerprint density at radius 3 is 2.46 bits per heavy atom. The van der Waals surface area contributed by atoms with Gasteiger partial charge in [-0.3, -0.25) is 10.2 Å². The Morgan fingerprint density at radius 1 is 1.00 bits per heavy atom. The molecule has 5 aromatic rings. The Hall–Kier alpha value is -5.70. The fourth-order valence-electron chi connectivity index (χ4n) is 11.0. The van der Waals surface area contributed by atoms with Crippen LogP contribution in [0.15, 0.2) is 42.6 Å². The van der Waals surface area contributed by atoms with Gasteiger partial charge in [0.05, 0.1) is 23.7 Å². The summed E-state index contributed by atoms with van der Waals surface area (Å²) in [5.74, 6) is 2.82. The molecule has 3 aliphatic rings. The smallest absolute Gasteiger partial charge is 0.413 e. The first-order valence-electron chi connectivity index (χ1n) is 24.0. The summed E-state index contributed by atoms with van der Waals surface area (Å²) in [6.07, 6.45) is 1.81. The van der Waals surface area contributed by atoms with Crippen LogP contribution in [0.5, 0.6) is 17.6 Å². The number of alkyl halides is 1. The van der Waals surface area contributed by atoms with E-state index in [2.05, 4.69) is 68.2 Å². The lowest BCUT2D eigenvalue weighted by Crippen LogP contribution is -2.43. The molecule has 3 atom stereocenters. The van der Waals surface area contributed by atoms with Gasteiger partial charge in [0.25, 0.3) is 0 Å². The van der Waals surface area contributed by atoms with E-state index in [0.717, 1.165) is 19.4 Å². The Labute approximate surface area is 403 Å². The van der Waals surface area contributed by atoms with Crippen molar-refractivity contribution < 1.29 is 41.7 Å². The van der Waals surface area contributed by atoms with Crippen molar-refractivity contribution in [1.82, 2.24) is 24.8 Å². The Balaban J connectivity index is 1.35. The van der Waals surface area contributed by atoms with E-state index in [1.165, 1.54) is 13.2 Å². The monoisotopic (exact) mass is 967 g/mol. The number of carbonyl (C=O) groups is 1. The summed E-state index contributed by atoms with van der Waals surface area (Å²) in [6, 6.07) is 9.25. The predicted octanol–water partition coefficient (Wildman–Crippen LogP) is 11.3. The number of carbonyl (C=O) groups excluding carboxylic acids is 1. The number of hydrogen-bond donors (Lipinski definition) is 1. The number of fused-ring (bicyclic) bond motifs is 2. The van der Waals surface area contributed by atoms with Crippen molar-refractivity contribution >= 4 is 47.5 Å². The number of hydrogen-bond acceptors (Lipinski definition) is 12. The Kier molecular flexibility index (Phi) is 14.1. The van der Waals surface area contributed by atoms with Gasteiger partial charge in [0.15, 0.2) is 12.6 Å². The molecule has 69 heavy (non-hydrogen) atoms. The maximum Gasteiger partial charge on any atom is 0.413 e. The molecule has 2 saturated heterocycles. The number of benzene rings is 2. The lowest BCUT2D eigenvalue weighted by molar-refractivity contribution is 0.0512. The molecule has 368 valence electrons. The molecular formula is C52H64F3N7O6Si. The van der Waals surface area contributed by atoms with Crippen molar-refractivity contribution in [2.24, 2.45) is 0 Å². The highest BCUT2D eigenvalue weighted by Crippen LogP contribution is 2.46. The van der Waals surface area contributed by atoms with Gasteiger partial charge in [0, 0.05) is 42.8 Å². The summed E-state index contributed by atoms with van der Waals surface area (Å²) in [5, 5.41) is 3.87. The van der Waals surface area contributed by atoms with Gasteiger partial charge in [0.2, 0.25) is 5.88 Å². The third-order valence-electron chi connectivity index (χ3n) is 14.1. The summed E-state index contributed by atoms with van der Waals surface area (Å²) in [6.45, 7) is 21.7. The van der Waals surface area contributed by atoms with E-state index in [1.807, 2.05) is 17.9 Å². The van der Waals surface area contributed by atoms with Crippen molar-refractivity contribution in [2.75, 3.05) is 57.0 Å². The lowest BCUT2D eigenvalue weighted by Gasteiger charge is -2.38. The van der Waals surface area contributed by atoms with Crippen LogP contribution in [0.25, 0.3) is 32.9 Å². The molecule has 8 rings (SSSR count). The molecule has 2 fully saturated rings. The predicted molar refractivity (Wildman–Crippen MR) is 265 cm³/mol. The molecule has 13 nitrogen and oxygen atoms in total. The summed E-state index contributed by atoms with van der Waals surface area (Å²) in [4.78, 5) is 36.2. The first kappa shape index (κ1) is 49.7. The van der Waals surface area contributed by atoms with Crippen LogP contribution in [0, 0.1) is 23.1 Å². The van der Waals surface area contributed by atoms with E-state index < -0.39 is 49.2 Å². The average Bonchev–Trinajstić information content (AvgIpc) is 3.75. The highest BCUT2D eigenvalue weighted by atomic mass is 28.3. The molecule has 0 unspecified atom stereocenters. The van der Waals surface area contributed by atoms with Gasteiger partial charge in [-0.15, -0.1) is 5.54 Å². The minimum atomic E-state index is -2.38. The van der Waals surface area contributed by atoms with Gasteiger partial charge in [-0.05, 0) is 93.4 Å². The topological polar surface area (TPSA) is 133 Å². The van der Waals surface area contributed by atoms with Gasteiger partial charge in [0.1, 0.15) is 72.9 Å². The fourth-order valence-corrected chi connectivity index (χ4v) is 16.2. The molecule has 3 aromatic heterocycles. The van der Waals surface area contributed by atoms with Crippen molar-refractivity contribution in [3.8, 4) is 40.4 Å². The fraction of sp³-hybridized carbons (Fsp3) is 0.519. The standard InChI is InChI=1S/C52H64F3N7O6Si/c1-30(2)69(31(3)4,32(5)6)23-17-38-40(54)16-15-34-24-36(67-29-64-11)25-39(41(34)38)44-43(55)45-42-47(60-49(58-45)66-28-52-18-13-20-61(52)27-35(53)26-52)62(21-22-65-48(42)57-44)33(7)37-14-12-19-56-46(37)59-50(63)68-51(8,9)10/h12,14-16,19,24-25,30-33,35H,13,18,20-22,26-29H2,1-11H3,(H,56,59,63)/t33-,35-,52+/m1/s1. The third-order valence-corrected chi connectivity index (χ3v) is 20.4. The first-order chi connectivity index (χ1) is 32.8. The Morgan fingerprint density at radius 2 is 1.75 bits per heavy atom. The second-order valence-corrected chi connectivity index (χ2v) is 26.1. The summed E-state index contributed by atoms with van der Waals surface area (Å²) < 4.78 is 79.4. The second-order valence-electron chi connectivity index (χ2n) is 20.5. The molecule has 0 spiro atoms. The van der Waals surface area contributed by atoms with Crippen LogP contribution in [0.3, 0.4) is 0 Å². The van der Waals surface area contributed by atoms with Crippen LogP contribution in [0.1, 0.15) is 106 Å². The molecule has 1 N–H and O–H groups in total. The van der Waals surface area contributed by atoms with E-state index in [-0.39, 0.29) is 94.4 Å². The molecule has 17 heteroatoms. The zero-order valence-corrected chi connectivity index (χ0v) is 42.6. The zero-order chi connectivity index (χ0) is 49.6. The maximum absolute atomic E-state index is 18.2. The first-order valence-corrected chi connectivity index (χ1v) is 26.2. The van der Waals surface area contributed by atoms with Gasteiger partial charge in [-0.2, -0.15) is 9.97 Å². The van der Waals surface area contributed by atoms with Crippen LogP contribution >= 0.6 is 0 Å². The molecule has 0 bridgehead atoms. The number of aromatic nitrogens is 4. The minimum Gasteiger partial charge on any atom is -0.475 e. The number of pyridine rings is 2. The second kappa shape index (κ2) is 19.6. The van der Waals surface area contributed by atoms with E-state index in [0.29, 0.717) is 35.1 Å². The molecule has 0 aliphatic carbocycles. The van der Waals surface area contributed by atoms with Gasteiger partial charge >= 0.3 is 12.1 Å². The van der Waals surface area contributed by atoms with E-state index in [9.17, 15) is 9.18 Å². The van der Waals surface area contributed by atoms with E-state index in [4.69, 9.17) is 38.6 Å². The number of nitrogens with zero attached hydrogens (tertiary/aromatic N) is 6. The number of amides is 1. The summed E-state index contributed by atoms with van der Waals surface area (Å²) in [7, 11) is -0.884. The molecule has 3 aliphatic heterocycles. The third kappa shape index (κ3) is 9.64. The molecule has 6 heterocycles. The van der Waals surface area contributed by atoms with Crippen LogP contribution in [-0.4, -0.2) is 103 Å². The molecular weight excluding hydrogens is 904 g/mol. The average molecular weight is 968 g/mol. The van der Waals surface area contributed by atoms with Crippen LogP contribution in [0.2, 0.25) is 16.6 Å². The van der Waals surface area contributed by atoms with Crippen LogP contribution in [-0.2, 0) is 9.47 Å². The number of rotatable bonds is 13. The van der Waals surface area contributed by atoms with Crippen molar-refractivity contribution in [2.45, 2.75) is 128 Å². The van der Waals surface area contributed by atoms with Gasteiger partial charge < -0.3 is 28.6 Å². The molecule has 1 amide bonds. The van der Waals surface area contributed by atoms with Crippen molar-refractivity contribution in [3.63, 3.8) is 0 Å². The zero-order valence-electron chi connectivity index (χ0n) is 41.6. The normalized spacial score (nSPS) is 18.9. The molecule has 2 aromatic carbocycles. The number of halogens is 3. The largest absolute Gasteiger partial charge is 0.475 e.